The van der Waals surface area contributed by atoms with Gasteiger partial charge in [-0.1, -0.05) is 234 Å². The van der Waals surface area contributed by atoms with Gasteiger partial charge in [-0.2, -0.15) is 0 Å². The quantitative estimate of drug-likeness (QED) is 0.0679. The Kier molecular flexibility index (Phi) is 15.3. The van der Waals surface area contributed by atoms with Crippen molar-refractivity contribution in [2.75, 3.05) is 0 Å². The van der Waals surface area contributed by atoms with Crippen LogP contribution < -0.4 is 0 Å². The predicted octanol–water partition coefficient (Wildman–Crippen LogP) is 24.5. The number of benzene rings is 12. The van der Waals surface area contributed by atoms with Crippen molar-refractivity contribution in [1.29, 1.82) is 0 Å². The van der Waals surface area contributed by atoms with Crippen LogP contribution in [-0.2, 0) is 5.41 Å². The summed E-state index contributed by atoms with van der Waals surface area (Å²) in [5.74, 6) is 15.0. The number of hydrogen-bond donors (Lipinski definition) is 0. The molecule has 470 valence electrons. The zero-order valence-electron chi connectivity index (χ0n) is 56.0. The number of aryl methyl sites for hydroxylation is 2. The monoisotopic (exact) mass is 1250 g/mol. The van der Waals surface area contributed by atoms with Crippen LogP contribution in [0.4, 0.5) is 0 Å². The lowest BCUT2D eigenvalue weighted by Crippen LogP contribution is -2.26. The van der Waals surface area contributed by atoms with E-state index < -0.39 is 0 Å². The number of hydrogen-bond acceptors (Lipinski definition) is 0. The summed E-state index contributed by atoms with van der Waals surface area (Å²) in [6, 6.07) is 95.0. The number of unbranched alkanes of at least 4 members (excludes halogenated alkanes) is 8. The number of nitrogens with zero attached hydrogens (tertiary/aromatic N) is 4. The Hall–Kier alpha value is -11.0. The topological polar surface area (TPSA) is 19.7 Å². The maximum Gasteiger partial charge on any atom is 0.0561 e. The molecule has 97 heavy (non-hydrogen) atoms. The van der Waals surface area contributed by atoms with E-state index in [2.05, 4.69) is 324 Å². The minimum atomic E-state index is -0.151. The van der Waals surface area contributed by atoms with E-state index in [0.29, 0.717) is 0 Å². The molecular formula is C93H78N4. The molecule has 0 fully saturated rings. The first kappa shape index (κ1) is 59.7. The normalized spacial score (nSPS) is 12.5. The molecule has 1 aliphatic carbocycles. The molecule has 4 nitrogen and oxygen atoms in total. The molecule has 0 saturated carbocycles. The minimum absolute atomic E-state index is 0.151. The highest BCUT2D eigenvalue weighted by Crippen LogP contribution is 2.55. The Labute approximate surface area is 569 Å². The van der Waals surface area contributed by atoms with Crippen LogP contribution in [0.15, 0.2) is 255 Å². The van der Waals surface area contributed by atoms with Crippen molar-refractivity contribution >= 4 is 87.2 Å². The molecule has 0 bridgehead atoms. The molecule has 0 N–H and O–H groups in total. The fourth-order valence-electron chi connectivity index (χ4n) is 16.5. The maximum absolute atomic E-state index is 3.77. The zero-order valence-corrected chi connectivity index (χ0v) is 56.0. The fourth-order valence-corrected chi connectivity index (χ4v) is 16.5. The van der Waals surface area contributed by atoms with E-state index in [0.717, 1.165) is 57.8 Å². The molecule has 4 aromatic heterocycles. The van der Waals surface area contributed by atoms with E-state index in [1.54, 1.807) is 0 Å². The molecule has 16 aromatic rings. The van der Waals surface area contributed by atoms with E-state index in [1.807, 2.05) is 0 Å². The van der Waals surface area contributed by atoms with Crippen molar-refractivity contribution in [3.05, 3.63) is 299 Å². The third kappa shape index (κ3) is 10.4. The second-order valence-electron chi connectivity index (χ2n) is 27.4. The van der Waals surface area contributed by atoms with Gasteiger partial charge in [0.05, 0.1) is 44.1 Å². The van der Waals surface area contributed by atoms with Crippen LogP contribution in [0.25, 0.3) is 121 Å². The van der Waals surface area contributed by atoms with Crippen molar-refractivity contribution in [3.8, 4) is 57.6 Å². The van der Waals surface area contributed by atoms with Gasteiger partial charge in [-0.05, 0) is 182 Å². The first-order valence-corrected chi connectivity index (χ1v) is 35.4. The zero-order chi connectivity index (χ0) is 65.1. The Morgan fingerprint density at radius 1 is 0.258 bits per heavy atom. The largest absolute Gasteiger partial charge is 0.309 e. The van der Waals surface area contributed by atoms with Crippen molar-refractivity contribution in [2.45, 2.75) is 110 Å². The summed E-state index contributed by atoms with van der Waals surface area (Å²) in [6.45, 7) is 8.97. The fraction of sp³-hybridized carbons (Fsp3) is 0.183. The molecule has 0 aliphatic heterocycles. The van der Waals surface area contributed by atoms with Crippen LogP contribution in [0.1, 0.15) is 135 Å². The highest BCUT2D eigenvalue weighted by Gasteiger charge is 2.42. The SMILES string of the molecule is CCCCCCCC1(CCCCCCC)c2cc(C#Cc3ccc4c(c3)c3ccc(-n5c6ccccc6c6ccccc65)cc3n4-c3ccc(C)cc3)ccc2-c2ccc(C#Cc3ccc4c(c3)c3ccc(-n5c6ccccc6c6ccccc65)cc3n4-c3ccc(C)cc3)cc21. The van der Waals surface area contributed by atoms with Gasteiger partial charge in [0.2, 0.25) is 0 Å². The number of rotatable bonds is 16. The standard InChI is InChI=1S/C93H78N4/c1-5-7-9-11-21-55-93(56-22-12-10-8-6-2)83-59-67(37-35-65-41-53-89-81(57-65)79-51-47-71(61-91(79)94(89)69-43-31-63(3)32-44-69)96-85-27-17-13-23-75(85)76-24-14-18-28-86(76)96)39-49-73(83)74-50-40-68(60-84(74)93)38-36-66-42-54-90-82(58-66)80-52-48-72(62-92(80)95(90)70-45-33-64(4)34-46-70)97-87-29-19-15-25-77(87)78-26-16-20-30-88(78)97/h13-20,23-34,39-54,57-62H,5-12,21-22,55-56H2,1-4H3. The number of aromatic nitrogens is 4. The Morgan fingerprint density at radius 2 is 0.567 bits per heavy atom. The van der Waals surface area contributed by atoms with Gasteiger partial charge in [-0.15, -0.1) is 0 Å². The van der Waals surface area contributed by atoms with E-state index in [1.165, 1.54) is 185 Å². The minimum Gasteiger partial charge on any atom is -0.309 e. The smallest absolute Gasteiger partial charge is 0.0561 e. The molecule has 0 saturated heterocycles. The first-order valence-electron chi connectivity index (χ1n) is 35.4. The average molecular weight is 1250 g/mol. The Balaban J connectivity index is 0.743. The van der Waals surface area contributed by atoms with Crippen LogP contribution in [0.2, 0.25) is 0 Å². The molecule has 0 atom stereocenters. The van der Waals surface area contributed by atoms with Crippen molar-refractivity contribution in [3.63, 3.8) is 0 Å². The molecular weight excluding hydrogens is 1170 g/mol. The van der Waals surface area contributed by atoms with Crippen LogP contribution >= 0.6 is 0 Å². The lowest BCUT2D eigenvalue weighted by Gasteiger charge is -2.33. The van der Waals surface area contributed by atoms with Gasteiger partial charge in [0.25, 0.3) is 0 Å². The summed E-state index contributed by atoms with van der Waals surface area (Å²) >= 11 is 0. The second kappa shape index (κ2) is 24.9. The second-order valence-corrected chi connectivity index (χ2v) is 27.4. The van der Waals surface area contributed by atoms with Gasteiger partial charge < -0.3 is 18.3 Å². The van der Waals surface area contributed by atoms with Crippen molar-refractivity contribution < 1.29 is 0 Å². The summed E-state index contributed by atoms with van der Waals surface area (Å²) in [5, 5.41) is 9.85. The predicted molar refractivity (Wildman–Crippen MR) is 411 cm³/mol. The van der Waals surface area contributed by atoms with E-state index in [-0.39, 0.29) is 5.41 Å². The lowest BCUT2D eigenvalue weighted by molar-refractivity contribution is 0.399. The van der Waals surface area contributed by atoms with Crippen LogP contribution in [0.5, 0.6) is 0 Å². The molecule has 0 unspecified atom stereocenters. The third-order valence-corrected chi connectivity index (χ3v) is 21.2. The van der Waals surface area contributed by atoms with E-state index >= 15 is 0 Å². The van der Waals surface area contributed by atoms with Gasteiger partial charge in [0, 0.05) is 93.5 Å². The number of fused-ring (bicyclic) bond motifs is 15. The molecule has 0 spiro atoms. The number of para-hydroxylation sites is 4. The van der Waals surface area contributed by atoms with Crippen LogP contribution in [-0.4, -0.2) is 18.3 Å². The highest BCUT2D eigenvalue weighted by molar-refractivity contribution is 6.14. The summed E-state index contributed by atoms with van der Waals surface area (Å²) < 4.78 is 9.72. The van der Waals surface area contributed by atoms with Gasteiger partial charge in [-0.3, -0.25) is 0 Å². The Bertz CT molecular complexity index is 5420. The molecule has 0 radical (unpaired) electrons. The average Bonchev–Trinajstić information content (AvgIpc) is 1.59. The maximum atomic E-state index is 3.77. The van der Waals surface area contributed by atoms with Gasteiger partial charge in [-0.25, -0.2) is 0 Å². The lowest BCUT2D eigenvalue weighted by atomic mass is 9.70. The molecule has 1 aliphatic rings. The van der Waals surface area contributed by atoms with Gasteiger partial charge >= 0.3 is 0 Å². The molecule has 0 amide bonds. The van der Waals surface area contributed by atoms with Gasteiger partial charge in [0.1, 0.15) is 0 Å². The van der Waals surface area contributed by atoms with Gasteiger partial charge in [0.15, 0.2) is 0 Å². The highest BCUT2D eigenvalue weighted by atomic mass is 15.0. The van der Waals surface area contributed by atoms with Crippen molar-refractivity contribution in [2.24, 2.45) is 0 Å². The summed E-state index contributed by atoms with van der Waals surface area (Å²) in [7, 11) is 0. The van der Waals surface area contributed by atoms with E-state index in [9.17, 15) is 0 Å². The molecule has 4 heteroatoms. The Morgan fingerprint density at radius 3 is 0.948 bits per heavy atom. The van der Waals surface area contributed by atoms with Crippen molar-refractivity contribution in [1.82, 2.24) is 18.3 Å². The van der Waals surface area contributed by atoms with Crippen LogP contribution in [0.3, 0.4) is 0 Å². The summed E-state index contributed by atoms with van der Waals surface area (Å²) in [6.07, 6.45) is 14.6. The van der Waals surface area contributed by atoms with Crippen LogP contribution in [0, 0.1) is 37.5 Å². The third-order valence-electron chi connectivity index (χ3n) is 21.2. The molecule has 12 aromatic carbocycles. The summed E-state index contributed by atoms with van der Waals surface area (Å²) in [4.78, 5) is 0. The molecule has 17 rings (SSSR count). The molecule has 4 heterocycles. The van der Waals surface area contributed by atoms with E-state index in [4.69, 9.17) is 0 Å². The summed E-state index contributed by atoms with van der Waals surface area (Å²) in [5.41, 5.74) is 26.1. The first-order chi connectivity index (χ1) is 47.8.